The lowest BCUT2D eigenvalue weighted by molar-refractivity contribution is -0.123. The molecule has 0 bridgehead atoms. The van der Waals surface area contributed by atoms with Crippen molar-refractivity contribution in [1.82, 2.24) is 30.2 Å². The Kier molecular flexibility index (Phi) is 8.96. The van der Waals surface area contributed by atoms with E-state index in [1.165, 1.54) is 28.9 Å². The zero-order valence-corrected chi connectivity index (χ0v) is 22.8. The number of carbonyl (C=O) groups excluding carboxylic acids is 2. The Bertz CT molecular complexity index is 1670. The fraction of sp³-hybridized carbons (Fsp3) is 0.161. The van der Waals surface area contributed by atoms with Gasteiger partial charge in [-0.3, -0.25) is 9.59 Å². The number of ether oxygens (including phenoxy) is 1. The number of benzene rings is 3. The second-order valence-electron chi connectivity index (χ2n) is 9.56. The average Bonchev–Trinajstić information content (AvgIpc) is 3.70. The summed E-state index contributed by atoms with van der Waals surface area (Å²) in [5, 5.41) is 13.0. The minimum Gasteiger partial charge on any atom is -0.370 e. The highest BCUT2D eigenvalue weighted by molar-refractivity contribution is 5.94. The lowest BCUT2D eigenvalue weighted by atomic mass is 10.2. The molecule has 0 saturated carbocycles. The van der Waals surface area contributed by atoms with Gasteiger partial charge in [0.05, 0.1) is 18.9 Å². The van der Waals surface area contributed by atoms with Crippen LogP contribution in [0.3, 0.4) is 0 Å². The topological polar surface area (TPSA) is 103 Å². The second-order valence-corrected chi connectivity index (χ2v) is 9.56. The van der Waals surface area contributed by atoms with Crippen molar-refractivity contribution < 1.29 is 27.5 Å². The third-order valence-corrected chi connectivity index (χ3v) is 6.42. The maximum absolute atomic E-state index is 13.3. The van der Waals surface area contributed by atoms with Crippen molar-refractivity contribution in [3.05, 3.63) is 131 Å². The van der Waals surface area contributed by atoms with Gasteiger partial charge in [-0.1, -0.05) is 47.7 Å². The van der Waals surface area contributed by atoms with Crippen LogP contribution in [0.4, 0.5) is 13.2 Å². The largest absolute Gasteiger partial charge is 0.405 e. The summed E-state index contributed by atoms with van der Waals surface area (Å²) in [6.07, 6.45) is -0.661. The van der Waals surface area contributed by atoms with Crippen molar-refractivity contribution in [1.29, 1.82) is 0 Å². The number of alkyl halides is 3. The molecule has 0 fully saturated rings. The normalized spacial score (nSPS) is 11.3. The molecular formula is C31H27F3N6O3. The van der Waals surface area contributed by atoms with E-state index in [4.69, 9.17) is 4.74 Å². The van der Waals surface area contributed by atoms with Crippen molar-refractivity contribution in [2.75, 3.05) is 6.54 Å². The minimum atomic E-state index is -4.52. The van der Waals surface area contributed by atoms with Crippen molar-refractivity contribution in [3.63, 3.8) is 0 Å². The molecule has 2 heterocycles. The summed E-state index contributed by atoms with van der Waals surface area (Å²) >= 11 is 0. The van der Waals surface area contributed by atoms with Crippen LogP contribution < -0.4 is 10.6 Å². The van der Waals surface area contributed by atoms with E-state index < -0.39 is 24.5 Å². The first-order valence-electron chi connectivity index (χ1n) is 13.3. The predicted molar refractivity (Wildman–Crippen MR) is 152 cm³/mol. The number of nitrogens with zero attached hydrogens (tertiary/aromatic N) is 4. The highest BCUT2D eigenvalue weighted by Crippen LogP contribution is 2.18. The number of carbonyl (C=O) groups is 2. The standard InChI is InChI=1S/C31H27F3N6O3/c32-31(33,34)21-36-29(41)24-11-13-25(14-12-24)40-27(20-43-19-22-7-2-1-3-8-22)28(37-38-40)30(42)35-18-23-9-6-10-26(17-23)39-15-4-5-16-39/h1-17H,18-21H2,(H,35,42)(H,36,41). The van der Waals surface area contributed by atoms with Crippen LogP contribution in [0.2, 0.25) is 0 Å². The lowest BCUT2D eigenvalue weighted by Crippen LogP contribution is -2.33. The van der Waals surface area contributed by atoms with Crippen molar-refractivity contribution in [3.8, 4) is 11.4 Å². The molecule has 0 saturated heterocycles. The Morgan fingerprint density at radius 2 is 1.49 bits per heavy atom. The molecule has 2 N–H and O–H groups in total. The summed E-state index contributed by atoms with van der Waals surface area (Å²) in [7, 11) is 0. The van der Waals surface area contributed by atoms with E-state index in [9.17, 15) is 22.8 Å². The molecule has 0 spiro atoms. The van der Waals surface area contributed by atoms with Crippen LogP contribution in [-0.4, -0.2) is 44.1 Å². The van der Waals surface area contributed by atoms with Gasteiger partial charge in [0.25, 0.3) is 11.8 Å². The first-order chi connectivity index (χ1) is 20.8. The average molecular weight is 589 g/mol. The van der Waals surface area contributed by atoms with Gasteiger partial charge in [-0.05, 0) is 59.7 Å². The molecule has 9 nitrogen and oxygen atoms in total. The van der Waals surface area contributed by atoms with Crippen LogP contribution in [0.1, 0.15) is 37.7 Å². The quantitative estimate of drug-likeness (QED) is 0.226. The Hall–Kier alpha value is -5.23. The Balaban J connectivity index is 1.33. The zero-order valence-electron chi connectivity index (χ0n) is 22.8. The first kappa shape index (κ1) is 29.3. The van der Waals surface area contributed by atoms with E-state index in [2.05, 4.69) is 15.6 Å². The van der Waals surface area contributed by atoms with Crippen LogP contribution >= 0.6 is 0 Å². The number of hydrogen-bond donors (Lipinski definition) is 2. The van der Waals surface area contributed by atoms with E-state index in [-0.39, 0.29) is 31.0 Å². The highest BCUT2D eigenvalue weighted by atomic mass is 19.4. The number of aromatic nitrogens is 4. The molecule has 0 aliphatic rings. The van der Waals surface area contributed by atoms with Gasteiger partial charge in [0.2, 0.25) is 0 Å². The molecule has 0 unspecified atom stereocenters. The van der Waals surface area contributed by atoms with E-state index in [0.29, 0.717) is 11.4 Å². The van der Waals surface area contributed by atoms with Crippen LogP contribution in [0.15, 0.2) is 103 Å². The number of amides is 2. The molecule has 0 atom stereocenters. The summed E-state index contributed by atoms with van der Waals surface area (Å²) in [6, 6.07) is 26.8. The third kappa shape index (κ3) is 7.74. The van der Waals surface area contributed by atoms with Crippen LogP contribution in [0.25, 0.3) is 11.4 Å². The van der Waals surface area contributed by atoms with Crippen molar-refractivity contribution in [2.24, 2.45) is 0 Å². The predicted octanol–water partition coefficient (Wildman–Crippen LogP) is 5.00. The summed E-state index contributed by atoms with van der Waals surface area (Å²) in [5.41, 5.74) is 3.67. The fourth-order valence-electron chi connectivity index (χ4n) is 4.29. The number of rotatable bonds is 11. The van der Waals surface area contributed by atoms with E-state index in [0.717, 1.165) is 16.8 Å². The van der Waals surface area contributed by atoms with Gasteiger partial charge in [-0.15, -0.1) is 5.10 Å². The minimum absolute atomic E-state index is 0.0123. The molecule has 3 aromatic carbocycles. The Labute approximate surface area is 244 Å². The summed E-state index contributed by atoms with van der Waals surface area (Å²) in [4.78, 5) is 25.4. The SMILES string of the molecule is O=C(NCC(F)(F)F)c1ccc(-n2nnc(C(=O)NCc3cccc(-n4cccc4)c3)c2COCc2ccccc2)cc1. The van der Waals surface area contributed by atoms with Crippen LogP contribution in [0, 0.1) is 0 Å². The third-order valence-electron chi connectivity index (χ3n) is 6.42. The molecule has 5 aromatic rings. The van der Waals surface area contributed by atoms with Gasteiger partial charge in [-0.2, -0.15) is 13.2 Å². The first-order valence-corrected chi connectivity index (χ1v) is 13.3. The monoisotopic (exact) mass is 588 g/mol. The number of hydrogen-bond acceptors (Lipinski definition) is 5. The maximum atomic E-state index is 13.3. The van der Waals surface area contributed by atoms with Gasteiger partial charge in [0.15, 0.2) is 5.69 Å². The van der Waals surface area contributed by atoms with Gasteiger partial charge in [0.1, 0.15) is 12.2 Å². The molecule has 0 aliphatic heterocycles. The molecular weight excluding hydrogens is 561 g/mol. The molecule has 2 amide bonds. The van der Waals surface area contributed by atoms with Gasteiger partial charge in [-0.25, -0.2) is 4.68 Å². The Morgan fingerprint density at radius 1 is 0.767 bits per heavy atom. The summed E-state index contributed by atoms with van der Waals surface area (Å²) in [5.74, 6) is -1.33. The van der Waals surface area contributed by atoms with Gasteiger partial charge < -0.3 is 19.9 Å². The fourth-order valence-corrected chi connectivity index (χ4v) is 4.29. The second kappa shape index (κ2) is 13.2. The van der Waals surface area contributed by atoms with Crippen molar-refractivity contribution >= 4 is 11.8 Å². The van der Waals surface area contributed by atoms with E-state index in [1.54, 1.807) is 0 Å². The molecule has 220 valence electrons. The molecule has 12 heteroatoms. The molecule has 5 rings (SSSR count). The smallest absolute Gasteiger partial charge is 0.370 e. The highest BCUT2D eigenvalue weighted by Gasteiger charge is 2.28. The molecule has 0 radical (unpaired) electrons. The molecule has 2 aromatic heterocycles. The summed E-state index contributed by atoms with van der Waals surface area (Å²) < 4.78 is 46.7. The van der Waals surface area contributed by atoms with Crippen LogP contribution in [0.5, 0.6) is 0 Å². The van der Waals surface area contributed by atoms with Gasteiger partial charge >= 0.3 is 6.18 Å². The molecule has 43 heavy (non-hydrogen) atoms. The summed E-state index contributed by atoms with van der Waals surface area (Å²) in [6.45, 7) is -0.930. The molecule has 0 aliphatic carbocycles. The number of halogens is 3. The van der Waals surface area contributed by atoms with Gasteiger partial charge in [0, 0.05) is 30.2 Å². The Morgan fingerprint density at radius 3 is 2.21 bits per heavy atom. The van der Waals surface area contributed by atoms with Crippen LogP contribution in [-0.2, 0) is 24.5 Å². The number of nitrogens with one attached hydrogen (secondary N) is 2. The van der Waals surface area contributed by atoms with Crippen molar-refractivity contribution in [2.45, 2.75) is 25.9 Å². The zero-order chi connectivity index (χ0) is 30.2. The maximum Gasteiger partial charge on any atom is 0.405 e. The van der Waals surface area contributed by atoms with E-state index >= 15 is 0 Å². The lowest BCUT2D eigenvalue weighted by Gasteiger charge is -2.11. The van der Waals surface area contributed by atoms with E-state index in [1.807, 2.05) is 89.0 Å².